The van der Waals surface area contributed by atoms with E-state index in [1.54, 1.807) is 31.3 Å². The van der Waals surface area contributed by atoms with Crippen LogP contribution in [-0.4, -0.2) is 27.3 Å². The lowest BCUT2D eigenvalue weighted by Gasteiger charge is -2.16. The van der Waals surface area contributed by atoms with Crippen molar-refractivity contribution in [2.45, 2.75) is 18.0 Å². The van der Waals surface area contributed by atoms with Crippen LogP contribution in [0.25, 0.3) is 0 Å². The Morgan fingerprint density at radius 3 is 2.18 bits per heavy atom. The first-order valence-corrected chi connectivity index (χ1v) is 11.3. The van der Waals surface area contributed by atoms with Gasteiger partial charge in [-0.25, -0.2) is 8.42 Å². The molecule has 0 saturated heterocycles. The Kier molecular flexibility index (Phi) is 6.96. The summed E-state index contributed by atoms with van der Waals surface area (Å²) in [6.45, 7) is 1.41. The number of halogens is 3. The number of hydrogen-bond acceptors (Lipinski definition) is 4. The van der Waals surface area contributed by atoms with Gasteiger partial charge in [-0.3, -0.25) is 14.3 Å². The van der Waals surface area contributed by atoms with Crippen LogP contribution in [0.5, 0.6) is 0 Å². The third-order valence-electron chi connectivity index (χ3n) is 4.87. The Hall–Kier alpha value is -3.86. The van der Waals surface area contributed by atoms with Crippen molar-refractivity contribution in [3.8, 4) is 0 Å². The van der Waals surface area contributed by atoms with Crippen molar-refractivity contribution in [1.29, 1.82) is 0 Å². The fourth-order valence-electron chi connectivity index (χ4n) is 2.96. The summed E-state index contributed by atoms with van der Waals surface area (Å²) in [6.07, 6.45) is -4.71. The monoisotopic (exact) mass is 491 g/mol. The molecule has 3 rings (SSSR count). The molecule has 7 nitrogen and oxygen atoms in total. The molecule has 0 bridgehead atoms. The lowest BCUT2D eigenvalue weighted by molar-refractivity contribution is -0.137. The van der Waals surface area contributed by atoms with E-state index in [-0.39, 0.29) is 17.2 Å². The lowest BCUT2D eigenvalue weighted by Crippen LogP contribution is -2.22. The fourth-order valence-corrected chi connectivity index (χ4v) is 4.09. The van der Waals surface area contributed by atoms with Gasteiger partial charge in [-0.1, -0.05) is 18.2 Å². The Morgan fingerprint density at radius 1 is 0.912 bits per heavy atom. The topological polar surface area (TPSA) is 95.6 Å². The van der Waals surface area contributed by atoms with Crippen molar-refractivity contribution in [2.75, 3.05) is 22.0 Å². The van der Waals surface area contributed by atoms with Crippen LogP contribution in [0.4, 0.5) is 30.2 Å². The molecule has 0 atom stereocenters. The van der Waals surface area contributed by atoms with Gasteiger partial charge >= 0.3 is 6.18 Å². The Labute approximate surface area is 194 Å². The summed E-state index contributed by atoms with van der Waals surface area (Å²) >= 11 is 0. The van der Waals surface area contributed by atoms with Gasteiger partial charge in [-0.2, -0.15) is 13.2 Å². The summed E-state index contributed by atoms with van der Waals surface area (Å²) in [7, 11) is -2.82. The highest BCUT2D eigenvalue weighted by Gasteiger charge is 2.32. The molecular formula is C23H20F3N3O4S. The zero-order valence-electron chi connectivity index (χ0n) is 18.1. The number of para-hydroxylation sites is 1. The van der Waals surface area contributed by atoms with Gasteiger partial charge < -0.3 is 10.2 Å². The van der Waals surface area contributed by atoms with E-state index in [4.69, 9.17) is 0 Å². The number of anilines is 3. The number of nitrogens with zero attached hydrogens (tertiary/aromatic N) is 1. The van der Waals surface area contributed by atoms with Crippen LogP contribution in [0, 0.1) is 0 Å². The molecule has 0 aromatic heterocycles. The molecule has 178 valence electrons. The molecule has 11 heteroatoms. The zero-order chi connectivity index (χ0) is 25.1. The molecule has 0 aliphatic heterocycles. The number of hydrogen-bond donors (Lipinski definition) is 2. The highest BCUT2D eigenvalue weighted by molar-refractivity contribution is 7.92. The predicted octanol–water partition coefficient (Wildman–Crippen LogP) is 4.74. The summed E-state index contributed by atoms with van der Waals surface area (Å²) in [5.41, 5.74) is -0.255. The van der Waals surface area contributed by atoms with E-state index < -0.39 is 32.6 Å². The normalized spacial score (nSPS) is 11.6. The standard InChI is InChI=1S/C23H20F3N3O4S/c1-15(30)29(2)18-12-10-17(11-13-18)27-22(31)20-8-3-4-9-21(20)28-34(32,33)19-7-5-6-16(14-19)23(24,25)26/h3-14,28H,1-2H3,(H,27,31). The van der Waals surface area contributed by atoms with Gasteiger partial charge in [0.15, 0.2) is 0 Å². The maximum absolute atomic E-state index is 13.0. The van der Waals surface area contributed by atoms with Gasteiger partial charge in [0, 0.05) is 25.3 Å². The molecule has 0 heterocycles. The highest BCUT2D eigenvalue weighted by atomic mass is 32.2. The Morgan fingerprint density at radius 2 is 1.56 bits per heavy atom. The molecule has 0 spiro atoms. The number of alkyl halides is 3. The second-order valence-corrected chi connectivity index (χ2v) is 8.94. The average Bonchev–Trinajstić information content (AvgIpc) is 2.78. The van der Waals surface area contributed by atoms with Crippen LogP contribution in [0.2, 0.25) is 0 Å². The Balaban J connectivity index is 1.83. The first-order valence-electron chi connectivity index (χ1n) is 9.83. The summed E-state index contributed by atoms with van der Waals surface area (Å²) in [6, 6.07) is 15.4. The second kappa shape index (κ2) is 9.56. The summed E-state index contributed by atoms with van der Waals surface area (Å²) in [4.78, 5) is 25.1. The maximum Gasteiger partial charge on any atom is 0.416 e. The number of carbonyl (C=O) groups excluding carboxylic acids is 2. The van der Waals surface area contributed by atoms with Gasteiger partial charge in [-0.05, 0) is 54.6 Å². The van der Waals surface area contributed by atoms with E-state index in [1.165, 1.54) is 36.1 Å². The van der Waals surface area contributed by atoms with Crippen LogP contribution in [0.1, 0.15) is 22.8 Å². The first-order chi connectivity index (χ1) is 15.9. The predicted molar refractivity (Wildman–Crippen MR) is 122 cm³/mol. The minimum atomic E-state index is -4.71. The van der Waals surface area contributed by atoms with Gasteiger partial charge in [0.2, 0.25) is 5.91 Å². The summed E-state index contributed by atoms with van der Waals surface area (Å²) < 4.78 is 66.6. The zero-order valence-corrected chi connectivity index (χ0v) is 18.9. The summed E-state index contributed by atoms with van der Waals surface area (Å²) in [5.74, 6) is -0.811. The first kappa shape index (κ1) is 24.8. The molecule has 3 aromatic rings. The van der Waals surface area contributed by atoms with Crippen molar-refractivity contribution in [3.05, 3.63) is 83.9 Å². The second-order valence-electron chi connectivity index (χ2n) is 7.26. The number of carbonyl (C=O) groups is 2. The number of sulfonamides is 1. The third-order valence-corrected chi connectivity index (χ3v) is 6.24. The van der Waals surface area contributed by atoms with Crippen LogP contribution < -0.4 is 14.9 Å². The molecule has 0 saturated carbocycles. The molecule has 34 heavy (non-hydrogen) atoms. The molecule has 2 N–H and O–H groups in total. The van der Waals surface area contributed by atoms with Crippen molar-refractivity contribution in [1.82, 2.24) is 0 Å². The minimum absolute atomic E-state index is 0.0389. The average molecular weight is 491 g/mol. The van der Waals surface area contributed by atoms with Crippen molar-refractivity contribution < 1.29 is 31.2 Å². The lowest BCUT2D eigenvalue weighted by atomic mass is 10.1. The van der Waals surface area contributed by atoms with Crippen LogP contribution in [0.3, 0.4) is 0 Å². The van der Waals surface area contributed by atoms with E-state index in [0.717, 1.165) is 18.2 Å². The van der Waals surface area contributed by atoms with Crippen LogP contribution >= 0.6 is 0 Å². The number of benzene rings is 3. The van der Waals surface area contributed by atoms with Gasteiger partial charge in [-0.15, -0.1) is 0 Å². The van der Waals surface area contributed by atoms with Crippen molar-refractivity contribution >= 4 is 38.9 Å². The number of rotatable bonds is 6. The molecule has 0 radical (unpaired) electrons. The van der Waals surface area contributed by atoms with E-state index in [2.05, 4.69) is 10.0 Å². The van der Waals surface area contributed by atoms with Crippen LogP contribution in [0.15, 0.2) is 77.7 Å². The smallest absolute Gasteiger partial charge is 0.322 e. The quantitative estimate of drug-likeness (QED) is 0.521. The SMILES string of the molecule is CC(=O)N(C)c1ccc(NC(=O)c2ccccc2NS(=O)(=O)c2cccc(C(F)(F)F)c2)cc1. The highest BCUT2D eigenvalue weighted by Crippen LogP contribution is 2.31. The third kappa shape index (κ3) is 5.73. The maximum atomic E-state index is 13.0. The number of nitrogens with one attached hydrogen (secondary N) is 2. The summed E-state index contributed by atoms with van der Waals surface area (Å²) in [5, 5.41) is 2.62. The van der Waals surface area contributed by atoms with Gasteiger partial charge in [0.1, 0.15) is 0 Å². The molecular weight excluding hydrogens is 471 g/mol. The van der Waals surface area contributed by atoms with Gasteiger partial charge in [0.05, 0.1) is 21.7 Å². The van der Waals surface area contributed by atoms with E-state index in [0.29, 0.717) is 17.4 Å². The largest absolute Gasteiger partial charge is 0.416 e. The van der Waals surface area contributed by atoms with E-state index in [9.17, 15) is 31.2 Å². The molecule has 0 aliphatic carbocycles. The molecule has 0 fully saturated rings. The molecule has 2 amide bonds. The Bertz CT molecular complexity index is 1320. The fraction of sp³-hybridized carbons (Fsp3) is 0.130. The van der Waals surface area contributed by atoms with E-state index >= 15 is 0 Å². The van der Waals surface area contributed by atoms with Crippen molar-refractivity contribution in [2.24, 2.45) is 0 Å². The van der Waals surface area contributed by atoms with E-state index in [1.807, 2.05) is 0 Å². The van der Waals surface area contributed by atoms with Crippen molar-refractivity contribution in [3.63, 3.8) is 0 Å². The number of amides is 2. The molecule has 0 unspecified atom stereocenters. The molecule has 3 aromatic carbocycles. The van der Waals surface area contributed by atoms with Crippen LogP contribution in [-0.2, 0) is 21.0 Å². The van der Waals surface area contributed by atoms with Gasteiger partial charge in [0.25, 0.3) is 15.9 Å². The molecule has 0 aliphatic rings. The minimum Gasteiger partial charge on any atom is -0.322 e.